The Morgan fingerprint density at radius 1 is 1.07 bits per heavy atom. The molecule has 0 aliphatic heterocycles. The predicted octanol–water partition coefficient (Wildman–Crippen LogP) is 3.37. The van der Waals surface area contributed by atoms with E-state index < -0.39 is 9.84 Å². The molecule has 0 heterocycles. The van der Waals surface area contributed by atoms with E-state index in [0.29, 0.717) is 18.0 Å². The molecule has 30 heavy (non-hydrogen) atoms. The number of aliphatic imine (C=N–C) groups is 1. The van der Waals surface area contributed by atoms with E-state index in [2.05, 4.69) is 20.5 Å². The maximum atomic E-state index is 11.5. The van der Waals surface area contributed by atoms with Crippen molar-refractivity contribution in [3.8, 4) is 0 Å². The number of hydrogen-bond acceptors (Lipinski definition) is 4. The zero-order valence-electron chi connectivity index (χ0n) is 17.7. The molecule has 0 amide bonds. The number of sulfone groups is 1. The lowest BCUT2D eigenvalue weighted by molar-refractivity contribution is 0.298. The van der Waals surface area contributed by atoms with Crippen LogP contribution in [0.4, 0.5) is 0 Å². The molecule has 0 bridgehead atoms. The fraction of sp³-hybridized carbons (Fsp3) is 0.381. The Balaban J connectivity index is 0.00000450. The Labute approximate surface area is 202 Å². The van der Waals surface area contributed by atoms with Crippen LogP contribution in [0.5, 0.6) is 0 Å². The van der Waals surface area contributed by atoms with E-state index in [1.54, 1.807) is 19.2 Å². The third-order valence-corrected chi connectivity index (χ3v) is 6.00. The standard InChI is InChI=1S/C21H29ClN4O2S.HI/c1-23-21(24-14-13-16-5-11-19(12-6-16)29(4,27)28)25-15-20(26(2)3)17-7-9-18(22)10-8-17;/h5-12,20H,13-15H2,1-4H3,(H2,23,24,25);1H. The molecule has 0 radical (unpaired) electrons. The first-order chi connectivity index (χ1) is 13.7. The monoisotopic (exact) mass is 564 g/mol. The molecule has 2 aromatic rings. The highest BCUT2D eigenvalue weighted by Crippen LogP contribution is 2.19. The Morgan fingerprint density at radius 2 is 1.67 bits per heavy atom. The fourth-order valence-corrected chi connectivity index (χ4v) is 3.68. The second-order valence-electron chi connectivity index (χ2n) is 7.08. The van der Waals surface area contributed by atoms with Crippen molar-refractivity contribution in [2.75, 3.05) is 40.5 Å². The molecule has 2 N–H and O–H groups in total. The summed E-state index contributed by atoms with van der Waals surface area (Å²) in [6.07, 6.45) is 1.98. The van der Waals surface area contributed by atoms with Gasteiger partial charge in [-0.3, -0.25) is 4.99 Å². The summed E-state index contributed by atoms with van der Waals surface area (Å²) in [5.41, 5.74) is 2.24. The summed E-state index contributed by atoms with van der Waals surface area (Å²) in [4.78, 5) is 6.76. The summed E-state index contributed by atoms with van der Waals surface area (Å²) in [5.74, 6) is 0.721. The SMILES string of the molecule is CN=C(NCCc1ccc(S(C)(=O)=O)cc1)NCC(c1ccc(Cl)cc1)N(C)C.I. The van der Waals surface area contributed by atoms with E-state index in [-0.39, 0.29) is 30.0 Å². The Bertz CT molecular complexity index is 917. The summed E-state index contributed by atoms with van der Waals surface area (Å²) in [5, 5.41) is 7.39. The lowest BCUT2D eigenvalue weighted by atomic mass is 10.1. The highest BCUT2D eigenvalue weighted by molar-refractivity contribution is 14.0. The summed E-state index contributed by atoms with van der Waals surface area (Å²) in [7, 11) is 2.66. The largest absolute Gasteiger partial charge is 0.356 e. The molecule has 0 aromatic heterocycles. The van der Waals surface area contributed by atoms with Gasteiger partial charge in [-0.25, -0.2) is 8.42 Å². The Hall–Kier alpha value is -1.36. The first kappa shape index (κ1) is 26.7. The molecular weight excluding hydrogens is 535 g/mol. The molecule has 6 nitrogen and oxygen atoms in total. The van der Waals surface area contributed by atoms with Gasteiger partial charge in [0.1, 0.15) is 0 Å². The van der Waals surface area contributed by atoms with Crippen molar-refractivity contribution in [1.29, 1.82) is 0 Å². The lowest BCUT2D eigenvalue weighted by Crippen LogP contribution is -2.42. The molecule has 0 aliphatic rings. The van der Waals surface area contributed by atoms with Crippen LogP contribution < -0.4 is 10.6 Å². The van der Waals surface area contributed by atoms with Crippen LogP contribution in [0.3, 0.4) is 0 Å². The molecule has 2 rings (SSSR count). The summed E-state index contributed by atoms with van der Waals surface area (Å²) in [6, 6.07) is 15.0. The van der Waals surface area contributed by atoms with Crippen LogP contribution in [0.25, 0.3) is 0 Å². The minimum absolute atomic E-state index is 0. The van der Waals surface area contributed by atoms with Gasteiger partial charge >= 0.3 is 0 Å². The lowest BCUT2D eigenvalue weighted by Gasteiger charge is -2.26. The quantitative estimate of drug-likeness (QED) is 0.292. The number of nitrogens with one attached hydrogen (secondary N) is 2. The maximum absolute atomic E-state index is 11.5. The van der Waals surface area contributed by atoms with Crippen molar-refractivity contribution in [3.63, 3.8) is 0 Å². The first-order valence-electron chi connectivity index (χ1n) is 9.36. The first-order valence-corrected chi connectivity index (χ1v) is 11.6. The third-order valence-electron chi connectivity index (χ3n) is 4.62. The van der Waals surface area contributed by atoms with Crippen LogP contribution >= 0.6 is 35.6 Å². The molecule has 9 heteroatoms. The van der Waals surface area contributed by atoms with Gasteiger partial charge in [0.2, 0.25) is 0 Å². The molecule has 0 saturated heterocycles. The van der Waals surface area contributed by atoms with Gasteiger partial charge in [-0.1, -0.05) is 35.9 Å². The minimum atomic E-state index is -3.16. The molecule has 0 spiro atoms. The Morgan fingerprint density at radius 3 is 2.17 bits per heavy atom. The second-order valence-corrected chi connectivity index (χ2v) is 9.53. The third kappa shape index (κ3) is 8.41. The summed E-state index contributed by atoms with van der Waals surface area (Å²) >= 11 is 6.00. The molecule has 1 unspecified atom stereocenters. The van der Waals surface area contributed by atoms with Crippen LogP contribution in [-0.2, 0) is 16.3 Å². The highest BCUT2D eigenvalue weighted by atomic mass is 127. The van der Waals surface area contributed by atoms with Crippen molar-refractivity contribution < 1.29 is 8.42 Å². The van der Waals surface area contributed by atoms with Crippen molar-refractivity contribution in [2.24, 2.45) is 4.99 Å². The number of halogens is 2. The summed E-state index contributed by atoms with van der Waals surface area (Å²) < 4.78 is 23.1. The average molecular weight is 565 g/mol. The number of nitrogens with zero attached hydrogens (tertiary/aromatic N) is 2. The highest BCUT2D eigenvalue weighted by Gasteiger charge is 2.14. The van der Waals surface area contributed by atoms with Crippen molar-refractivity contribution >= 4 is 51.4 Å². The Kier molecular flexibility index (Phi) is 11.1. The maximum Gasteiger partial charge on any atom is 0.191 e. The summed E-state index contributed by atoms with van der Waals surface area (Å²) in [6.45, 7) is 1.38. The van der Waals surface area contributed by atoms with Crippen LogP contribution in [0.1, 0.15) is 17.2 Å². The number of hydrogen-bond donors (Lipinski definition) is 2. The van der Waals surface area contributed by atoms with E-state index in [1.807, 2.05) is 50.5 Å². The van der Waals surface area contributed by atoms with Crippen LogP contribution in [0.15, 0.2) is 58.4 Å². The fourth-order valence-electron chi connectivity index (χ4n) is 2.93. The zero-order chi connectivity index (χ0) is 21.4. The van der Waals surface area contributed by atoms with Gasteiger partial charge in [0.25, 0.3) is 0 Å². The van der Waals surface area contributed by atoms with Gasteiger partial charge in [0.15, 0.2) is 15.8 Å². The van der Waals surface area contributed by atoms with Gasteiger partial charge in [-0.2, -0.15) is 0 Å². The number of rotatable bonds is 8. The zero-order valence-corrected chi connectivity index (χ0v) is 21.6. The number of benzene rings is 2. The minimum Gasteiger partial charge on any atom is -0.356 e. The second kappa shape index (κ2) is 12.5. The normalized spacial score (nSPS) is 12.9. The average Bonchev–Trinajstić information content (AvgIpc) is 2.67. The van der Waals surface area contributed by atoms with E-state index >= 15 is 0 Å². The molecule has 2 aromatic carbocycles. The van der Waals surface area contributed by atoms with Crippen molar-refractivity contribution in [2.45, 2.75) is 17.4 Å². The van der Waals surface area contributed by atoms with Crippen LogP contribution in [-0.4, -0.2) is 59.8 Å². The topological polar surface area (TPSA) is 73.8 Å². The van der Waals surface area contributed by atoms with Crippen molar-refractivity contribution in [3.05, 3.63) is 64.7 Å². The van der Waals surface area contributed by atoms with Crippen molar-refractivity contribution in [1.82, 2.24) is 15.5 Å². The van der Waals surface area contributed by atoms with Crippen LogP contribution in [0, 0.1) is 0 Å². The van der Waals surface area contributed by atoms with Gasteiger partial charge in [0, 0.05) is 31.4 Å². The van der Waals surface area contributed by atoms with Gasteiger partial charge < -0.3 is 15.5 Å². The molecular formula is C21H30ClIN4O2S. The molecule has 1 atom stereocenters. The number of guanidine groups is 1. The number of likely N-dealkylation sites (N-methyl/N-ethyl adjacent to an activating group) is 1. The van der Waals surface area contributed by atoms with Gasteiger partial charge in [0.05, 0.1) is 10.9 Å². The molecule has 0 aliphatic carbocycles. The van der Waals surface area contributed by atoms with E-state index in [1.165, 1.54) is 11.8 Å². The van der Waals surface area contributed by atoms with E-state index in [4.69, 9.17) is 11.6 Å². The van der Waals surface area contributed by atoms with E-state index in [0.717, 1.165) is 23.0 Å². The molecule has 0 saturated carbocycles. The smallest absolute Gasteiger partial charge is 0.191 e. The predicted molar refractivity (Wildman–Crippen MR) is 136 cm³/mol. The van der Waals surface area contributed by atoms with E-state index in [9.17, 15) is 8.42 Å². The molecule has 0 fully saturated rings. The van der Waals surface area contributed by atoms with Crippen LogP contribution in [0.2, 0.25) is 5.02 Å². The van der Waals surface area contributed by atoms with Gasteiger partial charge in [-0.15, -0.1) is 24.0 Å². The molecule has 166 valence electrons. The van der Waals surface area contributed by atoms with Gasteiger partial charge in [-0.05, 0) is 55.9 Å².